The van der Waals surface area contributed by atoms with Gasteiger partial charge in [-0.1, -0.05) is 129 Å². The average Bonchev–Trinajstić information content (AvgIpc) is 3.22. The Morgan fingerprint density at radius 1 is 0.655 bits per heavy atom. The summed E-state index contributed by atoms with van der Waals surface area (Å²) in [6, 6.07) is 31.8. The molecule has 1 aliphatic carbocycles. The van der Waals surface area contributed by atoms with Gasteiger partial charge >= 0.3 is 0 Å². The third kappa shape index (κ3) is 3.45. The fraction of sp³-hybridized carbons (Fsp3) is 0.214. The molecule has 146 valence electrons. The smallest absolute Gasteiger partial charge is 0.0805 e. The first-order chi connectivity index (χ1) is 13.9. The average molecular weight is 395 g/mol. The Hall–Kier alpha value is -2.64. The molecule has 0 radical (unpaired) electrons. The minimum atomic E-state index is -2.37. The second-order valence-electron chi connectivity index (χ2n) is 9.10. The normalized spacial score (nSPS) is 14.5. The lowest BCUT2D eigenvalue weighted by atomic mass is 9.87. The lowest BCUT2D eigenvalue weighted by molar-refractivity contribution is 0.516. The van der Waals surface area contributed by atoms with E-state index >= 15 is 0 Å². The van der Waals surface area contributed by atoms with Crippen LogP contribution in [0.15, 0.2) is 108 Å². The highest BCUT2D eigenvalue weighted by molar-refractivity contribution is 7.16. The summed E-state index contributed by atoms with van der Waals surface area (Å²) in [6.45, 7) is 9.22. The number of rotatable bonds is 4. The molecule has 1 aliphatic rings. The van der Waals surface area contributed by atoms with Crippen molar-refractivity contribution in [1.82, 2.24) is 0 Å². The van der Waals surface area contributed by atoms with Crippen LogP contribution in [0.25, 0.3) is 0 Å². The Kier molecular flexibility index (Phi) is 5.18. The molecule has 29 heavy (non-hydrogen) atoms. The van der Waals surface area contributed by atoms with Crippen molar-refractivity contribution in [2.75, 3.05) is 0 Å². The lowest BCUT2D eigenvalue weighted by Gasteiger charge is -2.38. The van der Waals surface area contributed by atoms with Crippen molar-refractivity contribution in [2.45, 2.75) is 34.1 Å². The molecule has 0 bridgehead atoms. The van der Waals surface area contributed by atoms with Crippen LogP contribution in [0.5, 0.6) is 0 Å². The standard InChI is InChI=1S/C28H30Si/c1-22-18-20-25(21-19-22)29(23-12-7-5-8-13-23,24-14-9-6-10-15-24)27-17-11-16-26(27)28(2,3)4/h5-16,18-21H,17H2,1-4H3. The van der Waals surface area contributed by atoms with Crippen LogP contribution in [0.2, 0.25) is 0 Å². The monoisotopic (exact) mass is 394 g/mol. The number of allylic oxidation sites excluding steroid dienone is 4. The van der Waals surface area contributed by atoms with E-state index in [1.807, 2.05) is 0 Å². The number of aryl methyl sites for hydroxylation is 1. The Morgan fingerprint density at radius 3 is 1.62 bits per heavy atom. The summed E-state index contributed by atoms with van der Waals surface area (Å²) in [6.07, 6.45) is 5.80. The van der Waals surface area contributed by atoms with Gasteiger partial charge in [0.25, 0.3) is 0 Å². The van der Waals surface area contributed by atoms with Crippen molar-refractivity contribution < 1.29 is 0 Å². The zero-order valence-electron chi connectivity index (χ0n) is 17.9. The zero-order chi connectivity index (χ0) is 20.5. The highest BCUT2D eigenvalue weighted by atomic mass is 28.3. The zero-order valence-corrected chi connectivity index (χ0v) is 18.9. The Bertz CT molecular complexity index is 993. The maximum Gasteiger partial charge on any atom is 0.176 e. The van der Waals surface area contributed by atoms with Crippen LogP contribution < -0.4 is 15.6 Å². The highest BCUT2D eigenvalue weighted by Gasteiger charge is 2.45. The van der Waals surface area contributed by atoms with Crippen molar-refractivity contribution in [3.63, 3.8) is 0 Å². The fourth-order valence-corrected chi connectivity index (χ4v) is 10.1. The Balaban J connectivity index is 2.15. The summed E-state index contributed by atoms with van der Waals surface area (Å²) in [5, 5.41) is 6.04. The van der Waals surface area contributed by atoms with E-state index in [1.165, 1.54) is 26.7 Å². The van der Waals surface area contributed by atoms with E-state index in [4.69, 9.17) is 0 Å². The first kappa shape index (κ1) is 19.7. The molecule has 0 aliphatic heterocycles. The quantitative estimate of drug-likeness (QED) is 0.416. The number of hydrogen-bond acceptors (Lipinski definition) is 0. The molecule has 0 N–H and O–H groups in total. The second kappa shape index (κ2) is 7.65. The van der Waals surface area contributed by atoms with Gasteiger partial charge in [-0.05, 0) is 39.9 Å². The SMILES string of the molecule is Cc1ccc([Si](C2=C(C(C)(C)C)C=CC2)(c2ccccc2)c2ccccc2)cc1. The summed E-state index contributed by atoms with van der Waals surface area (Å²) in [5.41, 5.74) is 2.94. The van der Waals surface area contributed by atoms with Gasteiger partial charge in [-0.3, -0.25) is 0 Å². The molecule has 0 saturated carbocycles. The van der Waals surface area contributed by atoms with Crippen LogP contribution in [0.4, 0.5) is 0 Å². The summed E-state index contributed by atoms with van der Waals surface area (Å²) < 4.78 is 0. The molecule has 0 heterocycles. The largest absolute Gasteiger partial charge is 0.176 e. The van der Waals surface area contributed by atoms with E-state index in [-0.39, 0.29) is 5.41 Å². The molecule has 0 nitrogen and oxygen atoms in total. The summed E-state index contributed by atoms with van der Waals surface area (Å²) in [5.74, 6) is 0. The van der Waals surface area contributed by atoms with Crippen LogP contribution in [0.3, 0.4) is 0 Å². The third-order valence-electron chi connectivity index (χ3n) is 6.09. The predicted octanol–water partition coefficient (Wildman–Crippen LogP) is 5.31. The van der Waals surface area contributed by atoms with E-state index in [0.29, 0.717) is 0 Å². The van der Waals surface area contributed by atoms with Crippen LogP contribution in [0.1, 0.15) is 32.8 Å². The third-order valence-corrected chi connectivity index (χ3v) is 11.1. The molecule has 3 aromatic carbocycles. The van der Waals surface area contributed by atoms with Gasteiger partial charge in [0.15, 0.2) is 8.07 Å². The summed E-state index contributed by atoms with van der Waals surface area (Å²) >= 11 is 0. The molecule has 1 heteroatoms. The van der Waals surface area contributed by atoms with Crippen LogP contribution in [0, 0.1) is 12.3 Å². The molecular formula is C28H30Si. The minimum Gasteiger partial charge on any atom is -0.0805 e. The van der Waals surface area contributed by atoms with Gasteiger partial charge in [0.05, 0.1) is 0 Å². The van der Waals surface area contributed by atoms with Gasteiger partial charge < -0.3 is 0 Å². The molecule has 0 unspecified atom stereocenters. The minimum absolute atomic E-state index is 0.120. The Labute approximate surface area is 176 Å². The molecule has 0 spiro atoms. The van der Waals surface area contributed by atoms with Gasteiger partial charge in [-0.15, -0.1) is 0 Å². The van der Waals surface area contributed by atoms with Gasteiger partial charge in [0.2, 0.25) is 0 Å². The first-order valence-corrected chi connectivity index (χ1v) is 12.5. The molecule has 0 atom stereocenters. The van der Waals surface area contributed by atoms with Crippen LogP contribution in [-0.4, -0.2) is 8.07 Å². The molecule has 0 saturated heterocycles. The van der Waals surface area contributed by atoms with E-state index in [2.05, 4.69) is 125 Å². The topological polar surface area (TPSA) is 0 Å². The van der Waals surface area contributed by atoms with Gasteiger partial charge in [-0.25, -0.2) is 0 Å². The molecule has 0 fully saturated rings. The van der Waals surface area contributed by atoms with Gasteiger partial charge in [0.1, 0.15) is 0 Å². The fourth-order valence-electron chi connectivity index (χ4n) is 4.77. The number of benzene rings is 3. The van der Waals surface area contributed by atoms with E-state index in [1.54, 1.807) is 5.20 Å². The number of hydrogen-bond donors (Lipinski definition) is 0. The van der Waals surface area contributed by atoms with Gasteiger partial charge in [-0.2, -0.15) is 0 Å². The molecular weight excluding hydrogens is 364 g/mol. The molecule has 0 amide bonds. The summed E-state index contributed by atoms with van der Waals surface area (Å²) in [4.78, 5) is 0. The summed E-state index contributed by atoms with van der Waals surface area (Å²) in [7, 11) is -2.37. The van der Waals surface area contributed by atoms with Crippen LogP contribution >= 0.6 is 0 Å². The first-order valence-electron chi connectivity index (χ1n) is 10.5. The van der Waals surface area contributed by atoms with Crippen molar-refractivity contribution in [3.8, 4) is 0 Å². The van der Waals surface area contributed by atoms with E-state index in [9.17, 15) is 0 Å². The van der Waals surface area contributed by atoms with Crippen molar-refractivity contribution >= 4 is 23.6 Å². The van der Waals surface area contributed by atoms with Crippen LogP contribution in [-0.2, 0) is 0 Å². The lowest BCUT2D eigenvalue weighted by Crippen LogP contribution is -2.69. The molecule has 3 aromatic rings. The molecule has 0 aromatic heterocycles. The predicted molar refractivity (Wildman–Crippen MR) is 129 cm³/mol. The van der Waals surface area contributed by atoms with Crippen molar-refractivity contribution in [3.05, 3.63) is 113 Å². The maximum atomic E-state index is 2.39. The van der Waals surface area contributed by atoms with Gasteiger partial charge in [0, 0.05) is 0 Å². The second-order valence-corrected chi connectivity index (χ2v) is 12.9. The van der Waals surface area contributed by atoms with Crippen molar-refractivity contribution in [2.24, 2.45) is 5.41 Å². The van der Waals surface area contributed by atoms with Crippen molar-refractivity contribution in [1.29, 1.82) is 0 Å². The highest BCUT2D eigenvalue weighted by Crippen LogP contribution is 2.38. The Morgan fingerprint density at radius 2 is 1.14 bits per heavy atom. The van der Waals surface area contributed by atoms with E-state index < -0.39 is 8.07 Å². The molecule has 4 rings (SSSR count). The van der Waals surface area contributed by atoms with E-state index in [0.717, 1.165) is 6.42 Å². The maximum absolute atomic E-state index is 2.39.